The summed E-state index contributed by atoms with van der Waals surface area (Å²) in [7, 11) is 0. The Morgan fingerprint density at radius 1 is 0.574 bits per heavy atom. The van der Waals surface area contributed by atoms with E-state index >= 15 is 0 Å². The third-order valence-electron chi connectivity index (χ3n) is 11.4. The third-order valence-corrected chi connectivity index (χ3v) is 11.4. The zero-order valence-electron chi connectivity index (χ0n) is 43.6. The lowest BCUT2D eigenvalue weighted by Gasteiger charge is -2.01. The van der Waals surface area contributed by atoms with Gasteiger partial charge in [0.25, 0.3) is 0 Å². The molecular weight excluding hydrogens is 817 g/mol. The monoisotopic (exact) mass is 903 g/mol. The summed E-state index contributed by atoms with van der Waals surface area (Å²) >= 11 is 0. The van der Waals surface area contributed by atoms with Crippen molar-refractivity contribution in [2.75, 3.05) is 0 Å². The van der Waals surface area contributed by atoms with Gasteiger partial charge in [0.1, 0.15) is 0 Å². The van der Waals surface area contributed by atoms with Crippen LogP contribution in [0.25, 0.3) is 10.8 Å². The minimum absolute atomic E-state index is 1.02. The van der Waals surface area contributed by atoms with Crippen molar-refractivity contribution in [2.24, 2.45) is 0 Å². The van der Waals surface area contributed by atoms with E-state index in [1.807, 2.05) is 45.1 Å². The van der Waals surface area contributed by atoms with E-state index in [1.54, 1.807) is 28.9 Å². The first-order valence-corrected chi connectivity index (χ1v) is 24.7. The fourth-order valence-corrected chi connectivity index (χ4v) is 8.01. The maximum absolute atomic E-state index is 3.70. The quantitative estimate of drug-likeness (QED) is 0.253. The summed E-state index contributed by atoms with van der Waals surface area (Å²) in [6.45, 7) is 37.9. The minimum Gasteiger partial charge on any atom is -0.103 e. The van der Waals surface area contributed by atoms with E-state index in [9.17, 15) is 0 Å². The molecule has 0 amide bonds. The van der Waals surface area contributed by atoms with Crippen molar-refractivity contribution in [1.29, 1.82) is 0 Å². The van der Waals surface area contributed by atoms with E-state index in [0.717, 1.165) is 25.7 Å². The molecule has 68 heavy (non-hydrogen) atoms. The second-order valence-electron chi connectivity index (χ2n) is 16.3. The topological polar surface area (TPSA) is 0 Å². The number of allylic oxidation sites excluding steroid dienone is 34. The van der Waals surface area contributed by atoms with Crippen LogP contribution in [0, 0.1) is 0 Å². The van der Waals surface area contributed by atoms with Crippen LogP contribution in [0.3, 0.4) is 0 Å². The first-order valence-electron chi connectivity index (χ1n) is 24.7. The average molecular weight is 903 g/mol. The van der Waals surface area contributed by atoms with E-state index < -0.39 is 0 Å². The van der Waals surface area contributed by atoms with Gasteiger partial charge in [-0.2, -0.15) is 0 Å². The lowest BCUT2D eigenvalue weighted by atomic mass is 10.0. The van der Waals surface area contributed by atoms with Gasteiger partial charge in [-0.1, -0.05) is 232 Å². The molecule has 7 aliphatic carbocycles. The van der Waals surface area contributed by atoms with Gasteiger partial charge in [0.15, 0.2) is 0 Å². The highest BCUT2D eigenvalue weighted by atomic mass is 14.2. The molecule has 0 saturated carbocycles. The Labute approximate surface area is 416 Å². The summed E-state index contributed by atoms with van der Waals surface area (Å²) in [5, 5.41) is 2.62. The summed E-state index contributed by atoms with van der Waals surface area (Å²) in [5.74, 6) is 0. The van der Waals surface area contributed by atoms with Crippen molar-refractivity contribution in [3.05, 3.63) is 289 Å². The molecule has 0 aromatic heterocycles. The van der Waals surface area contributed by atoms with Crippen molar-refractivity contribution < 1.29 is 0 Å². The molecule has 9 rings (SSSR count). The summed E-state index contributed by atoms with van der Waals surface area (Å²) < 4.78 is 0. The van der Waals surface area contributed by atoms with Crippen LogP contribution in [-0.2, 0) is 0 Å². The lowest BCUT2D eigenvalue weighted by Crippen LogP contribution is -1.82. The first kappa shape index (κ1) is 59.5. The Hall–Kier alpha value is -6.50. The second-order valence-corrected chi connectivity index (χ2v) is 16.3. The molecule has 0 heterocycles. The van der Waals surface area contributed by atoms with Gasteiger partial charge < -0.3 is 0 Å². The van der Waals surface area contributed by atoms with Crippen LogP contribution in [0.5, 0.6) is 0 Å². The van der Waals surface area contributed by atoms with Crippen LogP contribution in [0.2, 0.25) is 0 Å². The highest BCUT2D eigenvalue weighted by molar-refractivity contribution is 5.82. The normalized spacial score (nSPS) is 17.2. The van der Waals surface area contributed by atoms with E-state index in [0.29, 0.717) is 0 Å². The van der Waals surface area contributed by atoms with E-state index in [-0.39, 0.29) is 0 Å². The molecule has 0 bridgehead atoms. The van der Waals surface area contributed by atoms with Crippen LogP contribution in [0.4, 0.5) is 0 Å². The maximum Gasteiger partial charge on any atom is -0.00579 e. The van der Waals surface area contributed by atoms with Gasteiger partial charge in [-0.3, -0.25) is 0 Å². The molecule has 0 radical (unpaired) electrons. The highest BCUT2D eigenvalue weighted by Gasteiger charge is 2.18. The van der Waals surface area contributed by atoms with Gasteiger partial charge in [0, 0.05) is 0 Å². The van der Waals surface area contributed by atoms with Gasteiger partial charge in [0.05, 0.1) is 0 Å². The molecule has 0 heteroatoms. The van der Waals surface area contributed by atoms with E-state index in [2.05, 4.69) is 220 Å². The zero-order valence-corrected chi connectivity index (χ0v) is 43.6. The number of hydrogen-bond donors (Lipinski definition) is 0. The average Bonchev–Trinajstić information content (AvgIpc) is 4.23. The van der Waals surface area contributed by atoms with Gasteiger partial charge in [-0.15, -0.1) is 13.2 Å². The van der Waals surface area contributed by atoms with Crippen molar-refractivity contribution in [3.63, 3.8) is 0 Å². The predicted molar refractivity (Wildman–Crippen MR) is 312 cm³/mol. The number of benzene rings is 2. The Morgan fingerprint density at radius 3 is 1.50 bits per heavy atom. The molecule has 0 fully saturated rings. The highest BCUT2D eigenvalue weighted by Crippen LogP contribution is 2.37. The Balaban J connectivity index is 0.000000393. The molecule has 0 saturated heterocycles. The molecule has 0 aliphatic heterocycles. The van der Waals surface area contributed by atoms with Crippen molar-refractivity contribution in [1.82, 2.24) is 0 Å². The molecule has 7 aliphatic rings. The SMILES string of the molecule is C/C=C\C1=C(C)CC(=C/C)/C1=C\C.C/C=C\CC.C1=CC2=C(C1)CC=C2.C1=CC2=C(C1)CCC2.C=CC.C=CC.C=CC1=C(C=C)CC=C1.C=CC1=CCC=C1C=C.c1ccc2ccccc2c1. The standard InChI is InChI=1S/C13H18.C10H8.2C9H10.C8H10.C8H8.C5H10.2C3H6/c1-5-8-13-10(4)9-11(6-2)12(13)7-3;1-2-6-10-8-4-3-7-9(10)5-1;2*1-3-8-6-5-7-9(8)4-2;2*1-3-7-5-2-6-8(7)4-1;1-3-5-4-2;2*1-3-2/h5-8H,9H2,1-4H3;1-8H;3-4,6-7H,1-2,5H2;3-6H,1-2,7H2;1,3H,2,4-6H2;1-3,5H,4,6H2;3,5H,4H2,1-2H3;2*3H,1H2,2H3/b8-5-,11-6-,12-7+;;;;;;5-3-;;. The molecule has 0 spiro atoms. The Bertz CT molecular complexity index is 2280. The number of rotatable bonds is 6. The fraction of sp³-hybridized carbons (Fsp3) is 0.265. The summed E-state index contributed by atoms with van der Waals surface area (Å²) in [6.07, 6.45) is 58.0. The number of fused-ring (bicyclic) bond motifs is 1. The van der Waals surface area contributed by atoms with Gasteiger partial charge in [-0.25, -0.2) is 0 Å². The van der Waals surface area contributed by atoms with Crippen LogP contribution in [0.1, 0.15) is 120 Å². The summed E-state index contributed by atoms with van der Waals surface area (Å²) in [4.78, 5) is 0. The molecule has 0 N–H and O–H groups in total. The van der Waals surface area contributed by atoms with E-state index in [1.165, 1.54) is 99.5 Å². The first-order chi connectivity index (χ1) is 33.1. The van der Waals surface area contributed by atoms with Crippen LogP contribution >= 0.6 is 0 Å². The molecule has 2 aromatic carbocycles. The molecular formula is C68H86. The second kappa shape index (κ2) is 37.6. The molecule has 0 nitrogen and oxygen atoms in total. The van der Waals surface area contributed by atoms with Crippen molar-refractivity contribution in [3.8, 4) is 0 Å². The lowest BCUT2D eigenvalue weighted by molar-refractivity contribution is 0.882. The Morgan fingerprint density at radius 2 is 1.10 bits per heavy atom. The van der Waals surface area contributed by atoms with Gasteiger partial charge in [0.2, 0.25) is 0 Å². The number of hydrogen-bond acceptors (Lipinski definition) is 0. The molecule has 358 valence electrons. The molecule has 0 atom stereocenters. The largest absolute Gasteiger partial charge is 0.103 e. The molecule has 0 unspecified atom stereocenters. The van der Waals surface area contributed by atoms with Crippen LogP contribution in [0.15, 0.2) is 289 Å². The molecule has 2 aromatic rings. The van der Waals surface area contributed by atoms with Gasteiger partial charge in [-0.05, 0) is 174 Å². The third kappa shape index (κ3) is 21.9. The summed E-state index contributed by atoms with van der Waals surface area (Å²) in [6, 6.07) is 16.7. The minimum atomic E-state index is 1.02. The maximum atomic E-state index is 3.70. The zero-order chi connectivity index (χ0) is 50.4. The van der Waals surface area contributed by atoms with E-state index in [4.69, 9.17) is 0 Å². The summed E-state index contributed by atoms with van der Waals surface area (Å²) in [5.41, 5.74) is 17.1. The smallest absolute Gasteiger partial charge is 0.00579 e. The fourth-order valence-electron chi connectivity index (χ4n) is 8.01. The Kier molecular flexibility index (Phi) is 32.9. The van der Waals surface area contributed by atoms with Gasteiger partial charge >= 0.3 is 0 Å². The van der Waals surface area contributed by atoms with Crippen molar-refractivity contribution >= 4 is 10.8 Å². The van der Waals surface area contributed by atoms with Crippen LogP contribution in [-0.4, -0.2) is 0 Å². The van der Waals surface area contributed by atoms with Crippen LogP contribution < -0.4 is 0 Å². The van der Waals surface area contributed by atoms with Crippen molar-refractivity contribution in [2.45, 2.75) is 120 Å². The predicted octanol–water partition coefficient (Wildman–Crippen LogP) is 21.2.